The Labute approximate surface area is 217 Å². The van der Waals surface area contributed by atoms with Gasteiger partial charge in [0.1, 0.15) is 22.6 Å². The van der Waals surface area contributed by atoms with Gasteiger partial charge in [-0.2, -0.15) is 0 Å². The van der Waals surface area contributed by atoms with Crippen molar-refractivity contribution in [1.82, 2.24) is 5.32 Å². The summed E-state index contributed by atoms with van der Waals surface area (Å²) in [6, 6.07) is 19.1. The molecule has 2 amide bonds. The number of carbonyl (C=O) groups is 2. The first-order valence-corrected chi connectivity index (χ1v) is 12.2. The summed E-state index contributed by atoms with van der Waals surface area (Å²) in [5, 5.41) is 4.49. The molecule has 5 nitrogen and oxygen atoms in total. The van der Waals surface area contributed by atoms with E-state index in [2.05, 4.69) is 10.6 Å². The Bertz CT molecular complexity index is 1220. The largest absolute Gasteiger partial charge is 0.373 e. The van der Waals surface area contributed by atoms with Crippen LogP contribution >= 0.6 is 23.2 Å². The first kappa shape index (κ1) is 26.1. The van der Waals surface area contributed by atoms with Gasteiger partial charge in [0, 0.05) is 17.9 Å². The standard InChI is InChI=1S/C27H24Cl2F2N2O3/c28-19-8-11-24(23(31)13-19)32-26(35)27(14-21(15-27)36-16-18-4-2-1-3-5-18)33-25(34)22(29)12-17-6-9-20(30)10-7-17/h1-11,13,21-22H,12,14-16H2,(H,32,35)(H,33,34). The zero-order valence-corrected chi connectivity index (χ0v) is 20.7. The van der Waals surface area contributed by atoms with E-state index in [0.29, 0.717) is 12.2 Å². The maximum absolute atomic E-state index is 14.3. The average Bonchev–Trinajstić information content (AvgIpc) is 2.84. The van der Waals surface area contributed by atoms with Crippen LogP contribution in [0.5, 0.6) is 0 Å². The van der Waals surface area contributed by atoms with Crippen LogP contribution in [0.25, 0.3) is 0 Å². The molecule has 0 aromatic heterocycles. The van der Waals surface area contributed by atoms with Crippen molar-refractivity contribution < 1.29 is 23.1 Å². The van der Waals surface area contributed by atoms with Crippen molar-refractivity contribution in [3.8, 4) is 0 Å². The van der Waals surface area contributed by atoms with Crippen molar-refractivity contribution in [3.05, 3.63) is 101 Å². The summed E-state index contributed by atoms with van der Waals surface area (Å²) in [5.74, 6) is -2.23. The smallest absolute Gasteiger partial charge is 0.250 e. The monoisotopic (exact) mass is 532 g/mol. The number of carbonyl (C=O) groups excluding carboxylic acids is 2. The summed E-state index contributed by atoms with van der Waals surface area (Å²) in [5.41, 5.74) is 0.263. The molecule has 4 rings (SSSR count). The number of nitrogens with one attached hydrogen (secondary N) is 2. The first-order chi connectivity index (χ1) is 17.2. The zero-order valence-electron chi connectivity index (χ0n) is 19.1. The molecule has 188 valence electrons. The Morgan fingerprint density at radius 3 is 2.36 bits per heavy atom. The van der Waals surface area contributed by atoms with Crippen LogP contribution in [0.1, 0.15) is 24.0 Å². The number of hydrogen-bond donors (Lipinski definition) is 2. The van der Waals surface area contributed by atoms with Gasteiger partial charge in [-0.05, 0) is 47.9 Å². The third-order valence-corrected chi connectivity index (χ3v) is 6.66. The Hall–Kier alpha value is -3.00. The lowest BCUT2D eigenvalue weighted by Gasteiger charge is -2.46. The van der Waals surface area contributed by atoms with E-state index >= 15 is 0 Å². The quantitative estimate of drug-likeness (QED) is 0.350. The number of amides is 2. The normalized spacial score (nSPS) is 19.7. The van der Waals surface area contributed by atoms with Gasteiger partial charge < -0.3 is 15.4 Å². The van der Waals surface area contributed by atoms with Gasteiger partial charge in [0.15, 0.2) is 0 Å². The number of alkyl halides is 1. The van der Waals surface area contributed by atoms with E-state index in [0.717, 1.165) is 11.6 Å². The fraction of sp³-hybridized carbons (Fsp3) is 0.259. The summed E-state index contributed by atoms with van der Waals surface area (Å²) in [7, 11) is 0. The lowest BCUT2D eigenvalue weighted by molar-refractivity contribution is -0.142. The summed E-state index contributed by atoms with van der Waals surface area (Å²) < 4.78 is 33.4. The Morgan fingerprint density at radius 1 is 1.00 bits per heavy atom. The van der Waals surface area contributed by atoms with Crippen molar-refractivity contribution in [1.29, 1.82) is 0 Å². The molecule has 1 unspecified atom stereocenters. The van der Waals surface area contributed by atoms with Crippen molar-refractivity contribution in [2.24, 2.45) is 0 Å². The topological polar surface area (TPSA) is 67.4 Å². The summed E-state index contributed by atoms with van der Waals surface area (Å²) in [6.07, 6.45) is 0.224. The van der Waals surface area contributed by atoms with Crippen LogP contribution in [-0.2, 0) is 27.4 Å². The molecule has 0 heterocycles. The number of rotatable bonds is 9. The predicted molar refractivity (Wildman–Crippen MR) is 135 cm³/mol. The molecule has 9 heteroatoms. The van der Waals surface area contributed by atoms with Gasteiger partial charge in [-0.15, -0.1) is 11.6 Å². The van der Waals surface area contributed by atoms with Gasteiger partial charge >= 0.3 is 0 Å². The molecule has 0 aliphatic heterocycles. The van der Waals surface area contributed by atoms with E-state index in [-0.39, 0.29) is 36.1 Å². The first-order valence-electron chi connectivity index (χ1n) is 11.4. The summed E-state index contributed by atoms with van der Waals surface area (Å²) in [6.45, 7) is 0.353. The molecule has 1 atom stereocenters. The molecule has 3 aromatic rings. The number of halogens is 4. The Balaban J connectivity index is 1.44. The zero-order chi connectivity index (χ0) is 25.7. The van der Waals surface area contributed by atoms with E-state index in [1.165, 1.54) is 24.3 Å². The van der Waals surface area contributed by atoms with Gasteiger partial charge in [0.2, 0.25) is 11.8 Å². The van der Waals surface area contributed by atoms with Crippen LogP contribution in [-0.4, -0.2) is 28.8 Å². The molecule has 0 saturated heterocycles. The molecule has 1 fully saturated rings. The molecule has 1 aliphatic carbocycles. The maximum atomic E-state index is 14.3. The predicted octanol–water partition coefficient (Wildman–Crippen LogP) is 5.64. The molecule has 36 heavy (non-hydrogen) atoms. The summed E-state index contributed by atoms with van der Waals surface area (Å²) >= 11 is 12.1. The third-order valence-electron chi connectivity index (χ3n) is 6.07. The number of anilines is 1. The second kappa shape index (κ2) is 11.4. The second-order valence-corrected chi connectivity index (χ2v) is 9.74. The highest BCUT2D eigenvalue weighted by molar-refractivity contribution is 6.31. The van der Waals surface area contributed by atoms with E-state index in [9.17, 15) is 18.4 Å². The Kier molecular flexibility index (Phi) is 8.24. The molecule has 0 spiro atoms. The Morgan fingerprint density at radius 2 is 1.69 bits per heavy atom. The third kappa shape index (κ3) is 6.40. The van der Waals surface area contributed by atoms with Crippen LogP contribution in [0, 0.1) is 11.6 Å². The van der Waals surface area contributed by atoms with Crippen LogP contribution in [0.15, 0.2) is 72.8 Å². The number of benzene rings is 3. The highest BCUT2D eigenvalue weighted by Crippen LogP contribution is 2.37. The molecule has 0 radical (unpaired) electrons. The maximum Gasteiger partial charge on any atom is 0.250 e. The van der Waals surface area contributed by atoms with Gasteiger partial charge in [-0.25, -0.2) is 8.78 Å². The lowest BCUT2D eigenvalue weighted by Crippen LogP contribution is -2.67. The van der Waals surface area contributed by atoms with Crippen molar-refractivity contribution in [2.45, 2.75) is 42.9 Å². The lowest BCUT2D eigenvalue weighted by atomic mass is 9.73. The van der Waals surface area contributed by atoms with Crippen molar-refractivity contribution in [3.63, 3.8) is 0 Å². The fourth-order valence-corrected chi connectivity index (χ4v) is 4.43. The molecule has 1 saturated carbocycles. The molecule has 3 aromatic carbocycles. The SMILES string of the molecule is O=C(NC1(C(=O)Nc2ccc(Cl)cc2F)CC(OCc2ccccc2)C1)C(Cl)Cc1ccc(F)cc1. The number of ether oxygens (including phenoxy) is 1. The fourth-order valence-electron chi connectivity index (χ4n) is 4.03. The second-order valence-electron chi connectivity index (χ2n) is 8.77. The van der Waals surface area contributed by atoms with Gasteiger partial charge in [-0.1, -0.05) is 54.1 Å². The number of hydrogen-bond acceptors (Lipinski definition) is 3. The van der Waals surface area contributed by atoms with E-state index in [1.54, 1.807) is 12.1 Å². The van der Waals surface area contributed by atoms with Crippen LogP contribution in [0.4, 0.5) is 14.5 Å². The molecular formula is C27H24Cl2F2N2O3. The molecular weight excluding hydrogens is 509 g/mol. The van der Waals surface area contributed by atoms with E-state index in [4.69, 9.17) is 27.9 Å². The average molecular weight is 533 g/mol. The minimum atomic E-state index is -1.33. The molecule has 2 N–H and O–H groups in total. The van der Waals surface area contributed by atoms with Gasteiger partial charge in [-0.3, -0.25) is 9.59 Å². The van der Waals surface area contributed by atoms with Crippen molar-refractivity contribution in [2.75, 3.05) is 5.32 Å². The highest BCUT2D eigenvalue weighted by atomic mass is 35.5. The molecule has 1 aliphatic rings. The minimum Gasteiger partial charge on any atom is -0.373 e. The molecule has 0 bridgehead atoms. The van der Waals surface area contributed by atoms with Crippen LogP contribution in [0.2, 0.25) is 5.02 Å². The summed E-state index contributed by atoms with van der Waals surface area (Å²) in [4.78, 5) is 26.2. The highest BCUT2D eigenvalue weighted by Gasteiger charge is 2.52. The van der Waals surface area contributed by atoms with E-state index < -0.39 is 34.4 Å². The van der Waals surface area contributed by atoms with Crippen LogP contribution in [0.3, 0.4) is 0 Å². The minimum absolute atomic E-state index is 0.0552. The van der Waals surface area contributed by atoms with Gasteiger partial charge in [0.25, 0.3) is 0 Å². The van der Waals surface area contributed by atoms with Crippen molar-refractivity contribution >= 4 is 40.7 Å². The van der Waals surface area contributed by atoms with Crippen LogP contribution < -0.4 is 10.6 Å². The van der Waals surface area contributed by atoms with E-state index in [1.807, 2.05) is 30.3 Å². The van der Waals surface area contributed by atoms with Gasteiger partial charge in [0.05, 0.1) is 18.4 Å².